The molecule has 0 atom stereocenters. The van der Waals surface area contributed by atoms with E-state index in [9.17, 15) is 4.79 Å². The lowest BCUT2D eigenvalue weighted by Gasteiger charge is -2.18. The van der Waals surface area contributed by atoms with Gasteiger partial charge in [-0.1, -0.05) is 12.1 Å². The first-order chi connectivity index (χ1) is 7.67. The van der Waals surface area contributed by atoms with Crippen LogP contribution in [0.15, 0.2) is 36.5 Å². The number of carbonyl (C=O) groups is 1. The molecule has 16 heavy (non-hydrogen) atoms. The van der Waals surface area contributed by atoms with Crippen molar-refractivity contribution in [1.29, 1.82) is 0 Å². The van der Waals surface area contributed by atoms with Crippen molar-refractivity contribution >= 4 is 11.7 Å². The van der Waals surface area contributed by atoms with Crippen LogP contribution < -0.4 is 4.90 Å². The van der Waals surface area contributed by atoms with Gasteiger partial charge in [-0.2, -0.15) is 0 Å². The van der Waals surface area contributed by atoms with Crippen molar-refractivity contribution < 1.29 is 9.53 Å². The number of carbonyl (C=O) groups excluding carboxylic acids is 1. The van der Waals surface area contributed by atoms with Crippen molar-refractivity contribution in [2.75, 3.05) is 18.6 Å². The van der Waals surface area contributed by atoms with Gasteiger partial charge in [0.2, 0.25) is 0 Å². The first-order valence-electron chi connectivity index (χ1n) is 5.27. The number of ether oxygens (including phenoxy) is 1. The summed E-state index contributed by atoms with van der Waals surface area (Å²) in [4.78, 5) is 13.0. The quantitative estimate of drug-likeness (QED) is 0.575. The molecule has 0 bridgehead atoms. The van der Waals surface area contributed by atoms with Gasteiger partial charge in [0.25, 0.3) is 0 Å². The van der Waals surface area contributed by atoms with Crippen LogP contribution in [0.25, 0.3) is 0 Å². The average molecular weight is 219 g/mol. The summed E-state index contributed by atoms with van der Waals surface area (Å²) in [5.41, 5.74) is 2.27. The topological polar surface area (TPSA) is 29.5 Å². The molecule has 0 unspecified atom stereocenters. The Morgan fingerprint density at radius 1 is 1.50 bits per heavy atom. The number of esters is 1. The Bertz CT molecular complexity index is 385. The average Bonchev–Trinajstić information content (AvgIpc) is 2.29. The monoisotopic (exact) mass is 219 g/mol. The molecule has 0 aliphatic heterocycles. The Morgan fingerprint density at radius 2 is 2.25 bits per heavy atom. The van der Waals surface area contributed by atoms with Gasteiger partial charge < -0.3 is 9.64 Å². The van der Waals surface area contributed by atoms with Gasteiger partial charge in [0, 0.05) is 24.5 Å². The molecule has 3 nitrogen and oxygen atoms in total. The minimum absolute atomic E-state index is 0.342. The van der Waals surface area contributed by atoms with E-state index in [1.165, 1.54) is 18.7 Å². The SMILES string of the molecule is CCN(C=CC(=O)OC)c1cccc(C)c1. The molecule has 0 radical (unpaired) electrons. The molecule has 0 saturated heterocycles. The zero-order valence-electron chi connectivity index (χ0n) is 9.93. The summed E-state index contributed by atoms with van der Waals surface area (Å²) in [6, 6.07) is 8.13. The number of rotatable bonds is 4. The molecule has 1 rings (SSSR count). The fourth-order valence-corrected chi connectivity index (χ4v) is 1.40. The number of hydrogen-bond donors (Lipinski definition) is 0. The van der Waals surface area contributed by atoms with Gasteiger partial charge in [-0.3, -0.25) is 0 Å². The van der Waals surface area contributed by atoms with Crippen LogP contribution >= 0.6 is 0 Å². The first-order valence-corrected chi connectivity index (χ1v) is 5.27. The van der Waals surface area contributed by atoms with Gasteiger partial charge in [-0.15, -0.1) is 0 Å². The maximum atomic E-state index is 11.0. The zero-order chi connectivity index (χ0) is 12.0. The Hall–Kier alpha value is -1.77. The lowest BCUT2D eigenvalue weighted by atomic mass is 10.2. The maximum absolute atomic E-state index is 11.0. The largest absolute Gasteiger partial charge is 0.466 e. The van der Waals surface area contributed by atoms with Crippen LogP contribution in [0.4, 0.5) is 5.69 Å². The van der Waals surface area contributed by atoms with Crippen molar-refractivity contribution in [3.8, 4) is 0 Å². The van der Waals surface area contributed by atoms with E-state index in [0.29, 0.717) is 0 Å². The predicted molar refractivity (Wildman–Crippen MR) is 65.4 cm³/mol. The molecule has 0 saturated carbocycles. The first kappa shape index (κ1) is 12.3. The van der Waals surface area contributed by atoms with E-state index in [4.69, 9.17) is 0 Å². The fourth-order valence-electron chi connectivity index (χ4n) is 1.40. The van der Waals surface area contributed by atoms with Crippen LogP contribution in [0.3, 0.4) is 0 Å². The highest BCUT2D eigenvalue weighted by Crippen LogP contribution is 2.15. The normalized spacial score (nSPS) is 10.4. The Kier molecular flexibility index (Phi) is 4.58. The summed E-state index contributed by atoms with van der Waals surface area (Å²) >= 11 is 0. The lowest BCUT2D eigenvalue weighted by Crippen LogP contribution is -2.15. The minimum atomic E-state index is -0.342. The molecule has 0 N–H and O–H groups in total. The van der Waals surface area contributed by atoms with Gasteiger partial charge in [-0.25, -0.2) is 4.79 Å². The summed E-state index contributed by atoms with van der Waals surface area (Å²) in [5.74, 6) is -0.342. The Labute approximate surface area is 96.3 Å². The summed E-state index contributed by atoms with van der Waals surface area (Å²) in [7, 11) is 1.37. The van der Waals surface area contributed by atoms with E-state index in [0.717, 1.165) is 12.2 Å². The number of aryl methyl sites for hydroxylation is 1. The van der Waals surface area contributed by atoms with E-state index in [1.807, 2.05) is 36.9 Å². The third kappa shape index (κ3) is 3.42. The molecule has 1 aromatic carbocycles. The molecule has 0 aromatic heterocycles. The fraction of sp³-hybridized carbons (Fsp3) is 0.308. The minimum Gasteiger partial charge on any atom is -0.466 e. The van der Waals surface area contributed by atoms with E-state index in [2.05, 4.69) is 10.8 Å². The molecular formula is C13H17NO2. The Balaban J connectivity index is 2.82. The van der Waals surface area contributed by atoms with Gasteiger partial charge in [0.05, 0.1) is 7.11 Å². The van der Waals surface area contributed by atoms with Gasteiger partial charge in [-0.05, 0) is 31.5 Å². The smallest absolute Gasteiger partial charge is 0.331 e. The zero-order valence-corrected chi connectivity index (χ0v) is 9.93. The van der Waals surface area contributed by atoms with Crippen LogP contribution in [0.2, 0.25) is 0 Å². The van der Waals surface area contributed by atoms with Crippen LogP contribution in [-0.4, -0.2) is 19.6 Å². The second-order valence-corrected chi connectivity index (χ2v) is 3.46. The van der Waals surface area contributed by atoms with Crippen LogP contribution in [-0.2, 0) is 9.53 Å². The summed E-state index contributed by atoms with van der Waals surface area (Å²) in [6.07, 6.45) is 3.16. The molecular weight excluding hydrogens is 202 g/mol. The van der Waals surface area contributed by atoms with E-state index in [1.54, 1.807) is 6.20 Å². The third-order valence-corrected chi connectivity index (χ3v) is 2.27. The number of nitrogens with zero attached hydrogens (tertiary/aromatic N) is 1. The third-order valence-electron chi connectivity index (χ3n) is 2.27. The second-order valence-electron chi connectivity index (χ2n) is 3.46. The molecule has 86 valence electrons. The van der Waals surface area contributed by atoms with Crippen molar-refractivity contribution in [2.24, 2.45) is 0 Å². The van der Waals surface area contributed by atoms with E-state index in [-0.39, 0.29) is 5.97 Å². The number of benzene rings is 1. The highest BCUT2D eigenvalue weighted by molar-refractivity contribution is 5.82. The number of anilines is 1. The van der Waals surface area contributed by atoms with Crippen LogP contribution in [0.1, 0.15) is 12.5 Å². The second kappa shape index (κ2) is 5.95. The molecule has 0 heterocycles. The number of hydrogen-bond acceptors (Lipinski definition) is 3. The molecule has 0 aliphatic carbocycles. The Morgan fingerprint density at radius 3 is 2.81 bits per heavy atom. The van der Waals surface area contributed by atoms with Crippen molar-refractivity contribution in [3.05, 3.63) is 42.1 Å². The molecule has 1 aromatic rings. The van der Waals surface area contributed by atoms with E-state index < -0.39 is 0 Å². The summed E-state index contributed by atoms with van der Waals surface area (Å²) in [5, 5.41) is 0. The van der Waals surface area contributed by atoms with Gasteiger partial charge in [0.15, 0.2) is 0 Å². The molecule has 0 spiro atoms. The molecule has 3 heteroatoms. The maximum Gasteiger partial charge on any atom is 0.331 e. The van der Waals surface area contributed by atoms with Crippen LogP contribution in [0, 0.1) is 6.92 Å². The van der Waals surface area contributed by atoms with Crippen LogP contribution in [0.5, 0.6) is 0 Å². The highest BCUT2D eigenvalue weighted by Gasteiger charge is 2.01. The summed E-state index contributed by atoms with van der Waals surface area (Å²) in [6.45, 7) is 4.88. The highest BCUT2D eigenvalue weighted by atomic mass is 16.5. The van der Waals surface area contributed by atoms with Crippen molar-refractivity contribution in [3.63, 3.8) is 0 Å². The van der Waals surface area contributed by atoms with Gasteiger partial charge in [0.1, 0.15) is 0 Å². The van der Waals surface area contributed by atoms with Crippen molar-refractivity contribution in [2.45, 2.75) is 13.8 Å². The lowest BCUT2D eigenvalue weighted by molar-refractivity contribution is -0.134. The number of methoxy groups -OCH3 is 1. The van der Waals surface area contributed by atoms with Crippen molar-refractivity contribution in [1.82, 2.24) is 0 Å². The van der Waals surface area contributed by atoms with Gasteiger partial charge >= 0.3 is 5.97 Å². The predicted octanol–water partition coefficient (Wildman–Crippen LogP) is 2.51. The molecule has 0 amide bonds. The summed E-state index contributed by atoms with van der Waals surface area (Å²) < 4.78 is 4.55. The van der Waals surface area contributed by atoms with E-state index >= 15 is 0 Å². The molecule has 0 fully saturated rings. The standard InChI is InChI=1S/C13H17NO2/c1-4-14(9-8-13(15)16-3)12-7-5-6-11(2)10-12/h5-10H,4H2,1-3H3. The molecule has 0 aliphatic rings.